The molecule has 2 unspecified atom stereocenters. The summed E-state index contributed by atoms with van der Waals surface area (Å²) < 4.78 is 0. The first-order valence-electron chi connectivity index (χ1n) is 7.71. The zero-order valence-electron chi connectivity index (χ0n) is 11.8. The molecule has 2 nitrogen and oxygen atoms in total. The number of likely N-dealkylation sites (tertiary alicyclic amines) is 1. The van der Waals surface area contributed by atoms with Crippen LogP contribution in [0.5, 0.6) is 0 Å². The summed E-state index contributed by atoms with van der Waals surface area (Å²) in [5.41, 5.74) is 0. The van der Waals surface area contributed by atoms with Gasteiger partial charge in [-0.25, -0.2) is 0 Å². The van der Waals surface area contributed by atoms with Crippen molar-refractivity contribution in [2.45, 2.75) is 58.4 Å². The summed E-state index contributed by atoms with van der Waals surface area (Å²) in [7, 11) is 0. The second kappa shape index (κ2) is 6.75. The number of nitrogens with one attached hydrogen (secondary N) is 1. The standard InChI is InChI=1S/C15H30N2/c1-13-7-11-17(12-8-13)10-4-9-16-15-6-3-5-14(15)2/h13-16H,3-12H2,1-2H3. The highest BCUT2D eigenvalue weighted by molar-refractivity contribution is 4.80. The van der Waals surface area contributed by atoms with Crippen LogP contribution in [-0.2, 0) is 0 Å². The molecule has 0 amide bonds. The lowest BCUT2D eigenvalue weighted by Gasteiger charge is -2.30. The molecule has 2 atom stereocenters. The molecule has 1 aliphatic carbocycles. The Balaban J connectivity index is 1.51. The van der Waals surface area contributed by atoms with Crippen LogP contribution < -0.4 is 5.32 Å². The van der Waals surface area contributed by atoms with Gasteiger partial charge in [0.15, 0.2) is 0 Å². The summed E-state index contributed by atoms with van der Waals surface area (Å²) >= 11 is 0. The van der Waals surface area contributed by atoms with E-state index in [-0.39, 0.29) is 0 Å². The van der Waals surface area contributed by atoms with E-state index >= 15 is 0 Å². The molecule has 0 aromatic carbocycles. The molecule has 0 aromatic rings. The minimum absolute atomic E-state index is 0.816. The smallest absolute Gasteiger partial charge is 0.00927 e. The van der Waals surface area contributed by atoms with Gasteiger partial charge in [-0.1, -0.05) is 20.3 Å². The lowest BCUT2D eigenvalue weighted by Crippen LogP contribution is -2.37. The number of nitrogens with zero attached hydrogens (tertiary/aromatic N) is 1. The largest absolute Gasteiger partial charge is 0.314 e. The molecule has 2 fully saturated rings. The molecular formula is C15H30N2. The number of piperidine rings is 1. The van der Waals surface area contributed by atoms with Crippen molar-refractivity contribution in [3.8, 4) is 0 Å². The van der Waals surface area contributed by atoms with Crippen LogP contribution in [0.4, 0.5) is 0 Å². The van der Waals surface area contributed by atoms with E-state index in [0.29, 0.717) is 0 Å². The molecule has 2 rings (SSSR count). The molecular weight excluding hydrogens is 208 g/mol. The predicted octanol–water partition coefficient (Wildman–Crippen LogP) is 2.89. The molecule has 0 spiro atoms. The molecule has 0 radical (unpaired) electrons. The van der Waals surface area contributed by atoms with E-state index < -0.39 is 0 Å². The maximum absolute atomic E-state index is 3.75. The van der Waals surface area contributed by atoms with Crippen LogP contribution in [0.3, 0.4) is 0 Å². The topological polar surface area (TPSA) is 15.3 Å². The molecule has 100 valence electrons. The van der Waals surface area contributed by atoms with Crippen molar-refractivity contribution >= 4 is 0 Å². The Bertz CT molecular complexity index is 209. The van der Waals surface area contributed by atoms with Crippen molar-refractivity contribution in [2.75, 3.05) is 26.2 Å². The number of rotatable bonds is 5. The summed E-state index contributed by atoms with van der Waals surface area (Å²) in [6.45, 7) is 9.99. The van der Waals surface area contributed by atoms with Gasteiger partial charge < -0.3 is 10.2 Å². The van der Waals surface area contributed by atoms with E-state index in [1.165, 1.54) is 64.7 Å². The van der Waals surface area contributed by atoms with Crippen molar-refractivity contribution in [3.63, 3.8) is 0 Å². The summed E-state index contributed by atoms with van der Waals surface area (Å²) in [5, 5.41) is 3.75. The van der Waals surface area contributed by atoms with Crippen molar-refractivity contribution in [2.24, 2.45) is 11.8 Å². The zero-order valence-corrected chi connectivity index (χ0v) is 11.8. The summed E-state index contributed by atoms with van der Waals surface area (Å²) in [6, 6.07) is 0.816. The average Bonchev–Trinajstić information content (AvgIpc) is 2.73. The summed E-state index contributed by atoms with van der Waals surface area (Å²) in [6.07, 6.45) is 8.42. The van der Waals surface area contributed by atoms with Gasteiger partial charge in [0.2, 0.25) is 0 Å². The fraction of sp³-hybridized carbons (Fsp3) is 1.00. The Kier molecular flexibility index (Phi) is 5.30. The molecule has 1 saturated carbocycles. The van der Waals surface area contributed by atoms with E-state index in [4.69, 9.17) is 0 Å². The van der Waals surface area contributed by atoms with E-state index in [2.05, 4.69) is 24.1 Å². The van der Waals surface area contributed by atoms with Crippen LogP contribution in [0.15, 0.2) is 0 Å². The van der Waals surface area contributed by atoms with Gasteiger partial charge in [0.05, 0.1) is 0 Å². The van der Waals surface area contributed by atoms with E-state index in [1.807, 2.05) is 0 Å². The highest BCUT2D eigenvalue weighted by atomic mass is 15.1. The van der Waals surface area contributed by atoms with Crippen LogP contribution in [0.25, 0.3) is 0 Å². The van der Waals surface area contributed by atoms with Gasteiger partial charge in [-0.2, -0.15) is 0 Å². The molecule has 1 aliphatic heterocycles. The normalized spacial score (nSPS) is 32.1. The van der Waals surface area contributed by atoms with E-state index in [1.54, 1.807) is 0 Å². The van der Waals surface area contributed by atoms with Gasteiger partial charge in [-0.15, -0.1) is 0 Å². The average molecular weight is 238 g/mol. The fourth-order valence-corrected chi connectivity index (χ4v) is 3.32. The zero-order chi connectivity index (χ0) is 12.1. The third-order valence-corrected chi connectivity index (χ3v) is 4.80. The van der Waals surface area contributed by atoms with Crippen molar-refractivity contribution in [1.82, 2.24) is 10.2 Å². The first-order chi connectivity index (χ1) is 8.25. The Morgan fingerprint density at radius 2 is 1.82 bits per heavy atom. The molecule has 17 heavy (non-hydrogen) atoms. The molecule has 2 heteroatoms. The maximum Gasteiger partial charge on any atom is 0.00927 e. The predicted molar refractivity (Wildman–Crippen MR) is 74.3 cm³/mol. The second-order valence-corrected chi connectivity index (χ2v) is 6.35. The van der Waals surface area contributed by atoms with E-state index in [9.17, 15) is 0 Å². The van der Waals surface area contributed by atoms with Crippen LogP contribution >= 0.6 is 0 Å². The third kappa shape index (κ3) is 4.26. The summed E-state index contributed by atoms with van der Waals surface area (Å²) in [5.74, 6) is 1.87. The van der Waals surface area contributed by atoms with Crippen molar-refractivity contribution in [3.05, 3.63) is 0 Å². The van der Waals surface area contributed by atoms with Crippen molar-refractivity contribution in [1.29, 1.82) is 0 Å². The Morgan fingerprint density at radius 3 is 2.47 bits per heavy atom. The first kappa shape index (κ1) is 13.4. The van der Waals surface area contributed by atoms with Gasteiger partial charge >= 0.3 is 0 Å². The monoisotopic (exact) mass is 238 g/mol. The van der Waals surface area contributed by atoms with Crippen LogP contribution in [0.2, 0.25) is 0 Å². The second-order valence-electron chi connectivity index (χ2n) is 6.35. The highest BCUT2D eigenvalue weighted by Crippen LogP contribution is 2.24. The lowest BCUT2D eigenvalue weighted by atomic mass is 9.99. The summed E-state index contributed by atoms with van der Waals surface area (Å²) in [4.78, 5) is 2.65. The highest BCUT2D eigenvalue weighted by Gasteiger charge is 2.22. The minimum atomic E-state index is 0.816. The van der Waals surface area contributed by atoms with Gasteiger partial charge in [-0.3, -0.25) is 0 Å². The minimum Gasteiger partial charge on any atom is -0.314 e. The van der Waals surface area contributed by atoms with E-state index in [0.717, 1.165) is 17.9 Å². The van der Waals surface area contributed by atoms with Gasteiger partial charge in [0.25, 0.3) is 0 Å². The fourth-order valence-electron chi connectivity index (χ4n) is 3.32. The van der Waals surface area contributed by atoms with Crippen LogP contribution in [0, 0.1) is 11.8 Å². The van der Waals surface area contributed by atoms with Gasteiger partial charge in [0, 0.05) is 6.04 Å². The Morgan fingerprint density at radius 1 is 1.06 bits per heavy atom. The lowest BCUT2D eigenvalue weighted by molar-refractivity contribution is 0.189. The van der Waals surface area contributed by atoms with Crippen LogP contribution in [-0.4, -0.2) is 37.1 Å². The Hall–Kier alpha value is -0.0800. The number of hydrogen-bond donors (Lipinski definition) is 1. The molecule has 1 heterocycles. The molecule has 1 N–H and O–H groups in total. The van der Waals surface area contributed by atoms with Crippen molar-refractivity contribution < 1.29 is 0 Å². The molecule has 0 aromatic heterocycles. The van der Waals surface area contributed by atoms with Gasteiger partial charge in [-0.05, 0) is 70.1 Å². The SMILES string of the molecule is CC1CCN(CCCNC2CCCC2C)CC1. The molecule has 0 bridgehead atoms. The maximum atomic E-state index is 3.75. The quantitative estimate of drug-likeness (QED) is 0.741. The Labute approximate surface area is 107 Å². The van der Waals surface area contributed by atoms with Crippen LogP contribution in [0.1, 0.15) is 52.4 Å². The molecule has 1 saturated heterocycles. The number of hydrogen-bond acceptors (Lipinski definition) is 2. The third-order valence-electron chi connectivity index (χ3n) is 4.80. The molecule has 2 aliphatic rings. The van der Waals surface area contributed by atoms with Gasteiger partial charge in [0.1, 0.15) is 0 Å². The first-order valence-corrected chi connectivity index (χ1v) is 7.71.